The largest absolute Gasteiger partial charge is 0.493 e. The molecule has 0 aromatic heterocycles. The first-order chi connectivity index (χ1) is 16.0. The molecule has 2 aromatic rings. The van der Waals surface area contributed by atoms with E-state index in [2.05, 4.69) is 5.32 Å². The van der Waals surface area contributed by atoms with Crippen molar-refractivity contribution in [2.45, 2.75) is 12.8 Å². The second kappa shape index (κ2) is 11.4. The molecule has 0 saturated carbocycles. The number of hydrogen-bond acceptors (Lipinski definition) is 7. The highest BCUT2D eigenvalue weighted by molar-refractivity contribution is 8.18. The zero-order chi connectivity index (χ0) is 23.8. The van der Waals surface area contributed by atoms with E-state index in [4.69, 9.17) is 14.2 Å². The summed E-state index contributed by atoms with van der Waals surface area (Å²) in [6, 6.07) is 13.1. The maximum Gasteiger partial charge on any atom is 0.293 e. The molecular weight excluding hydrogens is 444 g/mol. The molecule has 1 heterocycles. The standard InChI is InChI=1S/C24H26N2O6S/c1-30-18-13-17(14-19(31-2)22(18)32-3)15-20-23(28)26(24(29)33-20)12-11-25-21(27)10-9-16-7-5-4-6-8-16/h4-8,13-15H,9-12H2,1-3H3,(H,25,27). The predicted molar refractivity (Wildman–Crippen MR) is 127 cm³/mol. The Hall–Kier alpha value is -3.46. The van der Waals surface area contributed by atoms with Crippen LogP contribution < -0.4 is 19.5 Å². The van der Waals surface area contributed by atoms with Gasteiger partial charge in [0.2, 0.25) is 11.7 Å². The zero-order valence-corrected chi connectivity index (χ0v) is 19.6. The minimum absolute atomic E-state index is 0.105. The minimum Gasteiger partial charge on any atom is -0.493 e. The number of imide groups is 1. The van der Waals surface area contributed by atoms with Crippen LogP contribution in [0.5, 0.6) is 17.2 Å². The summed E-state index contributed by atoms with van der Waals surface area (Å²) in [5, 5.41) is 2.39. The molecule has 3 amide bonds. The smallest absolute Gasteiger partial charge is 0.293 e. The number of methoxy groups -OCH3 is 3. The van der Waals surface area contributed by atoms with E-state index in [1.807, 2.05) is 30.3 Å². The highest BCUT2D eigenvalue weighted by Gasteiger charge is 2.34. The Morgan fingerprint density at radius 1 is 1.03 bits per heavy atom. The number of thioether (sulfide) groups is 1. The molecule has 0 aliphatic carbocycles. The number of nitrogens with one attached hydrogen (secondary N) is 1. The van der Waals surface area contributed by atoms with Crippen LogP contribution in [0.1, 0.15) is 17.5 Å². The Kier molecular flexibility index (Phi) is 8.37. The van der Waals surface area contributed by atoms with Gasteiger partial charge in [-0.25, -0.2) is 0 Å². The predicted octanol–water partition coefficient (Wildman–Crippen LogP) is 3.50. The summed E-state index contributed by atoms with van der Waals surface area (Å²) >= 11 is 0.853. The summed E-state index contributed by atoms with van der Waals surface area (Å²) in [5.41, 5.74) is 1.71. The van der Waals surface area contributed by atoms with E-state index >= 15 is 0 Å². The quantitative estimate of drug-likeness (QED) is 0.531. The van der Waals surface area contributed by atoms with Crippen LogP contribution in [-0.2, 0) is 16.0 Å². The number of hydrogen-bond donors (Lipinski definition) is 1. The normalized spacial score (nSPS) is 14.5. The number of carbonyl (C=O) groups excluding carboxylic acids is 3. The molecule has 1 aliphatic rings. The van der Waals surface area contributed by atoms with Crippen molar-refractivity contribution < 1.29 is 28.6 Å². The third kappa shape index (κ3) is 6.07. The lowest BCUT2D eigenvalue weighted by molar-refractivity contribution is -0.124. The first kappa shape index (κ1) is 24.2. The van der Waals surface area contributed by atoms with Gasteiger partial charge in [-0.15, -0.1) is 0 Å². The van der Waals surface area contributed by atoms with Crippen LogP contribution in [0.2, 0.25) is 0 Å². The van der Waals surface area contributed by atoms with Crippen molar-refractivity contribution in [3.63, 3.8) is 0 Å². The van der Waals surface area contributed by atoms with Crippen molar-refractivity contribution in [3.05, 3.63) is 58.5 Å². The van der Waals surface area contributed by atoms with Gasteiger partial charge < -0.3 is 19.5 Å². The van der Waals surface area contributed by atoms with Gasteiger partial charge in [-0.1, -0.05) is 30.3 Å². The molecule has 0 spiro atoms. The van der Waals surface area contributed by atoms with Crippen LogP contribution in [-0.4, -0.2) is 56.4 Å². The lowest BCUT2D eigenvalue weighted by atomic mass is 10.1. The molecule has 1 aliphatic heterocycles. The van der Waals surface area contributed by atoms with E-state index in [0.717, 1.165) is 22.2 Å². The minimum atomic E-state index is -0.405. The Bertz CT molecular complexity index is 1030. The van der Waals surface area contributed by atoms with Gasteiger partial charge >= 0.3 is 0 Å². The topological polar surface area (TPSA) is 94.2 Å². The fourth-order valence-corrected chi connectivity index (χ4v) is 4.19. The van der Waals surface area contributed by atoms with E-state index in [0.29, 0.717) is 35.7 Å². The average Bonchev–Trinajstić information content (AvgIpc) is 3.09. The van der Waals surface area contributed by atoms with Crippen molar-refractivity contribution in [1.29, 1.82) is 0 Å². The third-order valence-electron chi connectivity index (χ3n) is 5.00. The number of nitrogens with zero attached hydrogens (tertiary/aromatic N) is 1. The van der Waals surface area contributed by atoms with Crippen molar-refractivity contribution in [3.8, 4) is 17.2 Å². The Labute approximate surface area is 196 Å². The molecule has 33 heavy (non-hydrogen) atoms. The van der Waals surface area contributed by atoms with E-state index in [1.165, 1.54) is 21.3 Å². The van der Waals surface area contributed by atoms with Crippen LogP contribution in [0.25, 0.3) is 6.08 Å². The fourth-order valence-electron chi connectivity index (χ4n) is 3.33. The molecule has 1 N–H and O–H groups in total. The van der Waals surface area contributed by atoms with Crippen molar-refractivity contribution in [2.24, 2.45) is 0 Å². The van der Waals surface area contributed by atoms with Crippen molar-refractivity contribution in [1.82, 2.24) is 10.2 Å². The molecule has 174 valence electrons. The molecule has 1 saturated heterocycles. The molecule has 8 nitrogen and oxygen atoms in total. The number of amides is 3. The first-order valence-electron chi connectivity index (χ1n) is 10.3. The molecular formula is C24H26N2O6S. The molecule has 0 unspecified atom stereocenters. The average molecular weight is 471 g/mol. The lowest BCUT2D eigenvalue weighted by Gasteiger charge is -2.13. The van der Waals surface area contributed by atoms with Gasteiger partial charge in [-0.05, 0) is 47.5 Å². The van der Waals surface area contributed by atoms with Crippen LogP contribution in [0, 0.1) is 0 Å². The summed E-state index contributed by atoms with van der Waals surface area (Å²) < 4.78 is 16.0. The highest BCUT2D eigenvalue weighted by Crippen LogP contribution is 2.40. The third-order valence-corrected chi connectivity index (χ3v) is 5.91. The van der Waals surface area contributed by atoms with Crippen molar-refractivity contribution >= 4 is 34.9 Å². The van der Waals surface area contributed by atoms with Crippen LogP contribution in [0.4, 0.5) is 4.79 Å². The molecule has 1 fully saturated rings. The summed E-state index contributed by atoms with van der Waals surface area (Å²) in [7, 11) is 4.51. The van der Waals surface area contributed by atoms with E-state index in [9.17, 15) is 14.4 Å². The van der Waals surface area contributed by atoms with Gasteiger partial charge in [-0.3, -0.25) is 19.3 Å². The molecule has 2 aromatic carbocycles. The summed E-state index contributed by atoms with van der Waals surface area (Å²) in [5.74, 6) is 0.797. The molecule has 0 atom stereocenters. The lowest BCUT2D eigenvalue weighted by Crippen LogP contribution is -2.37. The molecule has 0 bridgehead atoms. The van der Waals surface area contributed by atoms with E-state index in [-0.39, 0.29) is 29.1 Å². The van der Waals surface area contributed by atoms with Crippen LogP contribution in [0.3, 0.4) is 0 Å². The van der Waals surface area contributed by atoms with E-state index in [1.54, 1.807) is 18.2 Å². The van der Waals surface area contributed by atoms with Gasteiger partial charge in [0, 0.05) is 19.5 Å². The Morgan fingerprint density at radius 3 is 2.30 bits per heavy atom. The SMILES string of the molecule is COc1cc(C=C2SC(=O)N(CCNC(=O)CCc3ccccc3)C2=O)cc(OC)c1OC. The Morgan fingerprint density at radius 2 is 1.70 bits per heavy atom. The molecule has 0 radical (unpaired) electrons. The first-order valence-corrected chi connectivity index (χ1v) is 11.1. The monoisotopic (exact) mass is 470 g/mol. The number of carbonyl (C=O) groups is 3. The number of benzene rings is 2. The van der Waals surface area contributed by atoms with Crippen molar-refractivity contribution in [2.75, 3.05) is 34.4 Å². The number of ether oxygens (including phenoxy) is 3. The second-order valence-electron chi connectivity index (χ2n) is 7.13. The highest BCUT2D eigenvalue weighted by atomic mass is 32.2. The zero-order valence-electron chi connectivity index (χ0n) is 18.8. The van der Waals surface area contributed by atoms with Gasteiger partial charge in [0.25, 0.3) is 11.1 Å². The van der Waals surface area contributed by atoms with Gasteiger partial charge in [0.05, 0.1) is 26.2 Å². The van der Waals surface area contributed by atoms with Gasteiger partial charge in [-0.2, -0.15) is 0 Å². The van der Waals surface area contributed by atoms with Gasteiger partial charge in [0.15, 0.2) is 11.5 Å². The summed E-state index contributed by atoms with van der Waals surface area (Å²) in [6.07, 6.45) is 2.58. The second-order valence-corrected chi connectivity index (χ2v) is 8.12. The van der Waals surface area contributed by atoms with E-state index < -0.39 is 5.91 Å². The van der Waals surface area contributed by atoms with Gasteiger partial charge in [0.1, 0.15) is 0 Å². The van der Waals surface area contributed by atoms with Crippen LogP contribution in [0.15, 0.2) is 47.4 Å². The maximum absolute atomic E-state index is 12.8. The Balaban J connectivity index is 1.59. The molecule has 3 rings (SSSR count). The fraction of sp³-hybridized carbons (Fsp3) is 0.292. The number of rotatable bonds is 10. The maximum atomic E-state index is 12.8. The van der Waals surface area contributed by atoms with Crippen LogP contribution >= 0.6 is 11.8 Å². The number of aryl methyl sites for hydroxylation is 1. The summed E-state index contributed by atoms with van der Waals surface area (Å²) in [6.45, 7) is 0.303. The summed E-state index contributed by atoms with van der Waals surface area (Å²) in [4.78, 5) is 38.6. The molecule has 9 heteroatoms.